The van der Waals surface area contributed by atoms with Crippen molar-refractivity contribution >= 4 is 17.5 Å². The number of amides is 2. The highest BCUT2D eigenvalue weighted by molar-refractivity contribution is 6.06. The highest BCUT2D eigenvalue weighted by Crippen LogP contribution is 2.24. The van der Waals surface area contributed by atoms with E-state index < -0.39 is 0 Å². The minimum absolute atomic E-state index is 0.0159. The summed E-state index contributed by atoms with van der Waals surface area (Å²) in [4.78, 5) is 26.6. The molecule has 24 heavy (non-hydrogen) atoms. The van der Waals surface area contributed by atoms with E-state index in [0.29, 0.717) is 30.8 Å². The second-order valence-electron chi connectivity index (χ2n) is 6.33. The fraction of sp³-hybridized carbons (Fsp3) is 0.556. The molecule has 1 unspecified atom stereocenters. The van der Waals surface area contributed by atoms with Crippen molar-refractivity contribution in [3.05, 3.63) is 29.8 Å². The summed E-state index contributed by atoms with van der Waals surface area (Å²) in [5, 5.41) is 2.91. The number of fused-ring (bicyclic) bond motifs is 1. The molecule has 2 aliphatic heterocycles. The van der Waals surface area contributed by atoms with Gasteiger partial charge in [0.25, 0.3) is 5.91 Å². The molecule has 0 aliphatic carbocycles. The molecule has 0 bridgehead atoms. The van der Waals surface area contributed by atoms with E-state index >= 15 is 0 Å². The summed E-state index contributed by atoms with van der Waals surface area (Å²) in [5.74, 6) is -0.148. The number of hydrogen-bond acceptors (Lipinski definition) is 4. The first-order valence-corrected chi connectivity index (χ1v) is 8.55. The lowest BCUT2D eigenvalue weighted by Crippen LogP contribution is -2.41. The second kappa shape index (κ2) is 7.77. The van der Waals surface area contributed by atoms with Crippen molar-refractivity contribution < 1.29 is 19.1 Å². The monoisotopic (exact) mass is 332 g/mol. The van der Waals surface area contributed by atoms with E-state index in [1.165, 1.54) is 0 Å². The molecule has 0 saturated carbocycles. The molecule has 6 heteroatoms. The summed E-state index contributed by atoms with van der Waals surface area (Å²) in [6.45, 7) is 4.23. The molecule has 130 valence electrons. The van der Waals surface area contributed by atoms with Crippen molar-refractivity contribution in [3.8, 4) is 0 Å². The van der Waals surface area contributed by atoms with Crippen LogP contribution in [0.15, 0.2) is 24.3 Å². The van der Waals surface area contributed by atoms with Crippen molar-refractivity contribution in [2.75, 3.05) is 31.3 Å². The van der Waals surface area contributed by atoms with Crippen LogP contribution in [-0.2, 0) is 14.3 Å². The van der Waals surface area contributed by atoms with Gasteiger partial charge in [0, 0.05) is 25.8 Å². The lowest BCUT2D eigenvalue weighted by Gasteiger charge is -2.25. The molecule has 2 heterocycles. The Labute approximate surface area is 142 Å². The molecule has 1 atom stereocenters. The van der Waals surface area contributed by atoms with Gasteiger partial charge in [-0.3, -0.25) is 9.59 Å². The highest BCUT2D eigenvalue weighted by Gasteiger charge is 2.27. The Bertz CT molecular complexity index is 598. The summed E-state index contributed by atoms with van der Waals surface area (Å²) in [7, 11) is 0. The first-order valence-electron chi connectivity index (χ1n) is 8.55. The molecule has 6 nitrogen and oxygen atoms in total. The molecule has 0 spiro atoms. The molecule has 1 saturated heterocycles. The molecule has 0 radical (unpaired) electrons. The minimum atomic E-state index is -0.133. The number of anilines is 1. The fourth-order valence-electron chi connectivity index (χ4n) is 3.15. The van der Waals surface area contributed by atoms with E-state index in [9.17, 15) is 9.59 Å². The lowest BCUT2D eigenvalue weighted by molar-refractivity contribution is -0.120. The smallest absolute Gasteiger partial charge is 0.253 e. The first kappa shape index (κ1) is 16.9. The van der Waals surface area contributed by atoms with Crippen molar-refractivity contribution in [2.45, 2.75) is 38.3 Å². The van der Waals surface area contributed by atoms with Crippen LogP contribution < -0.4 is 10.2 Å². The Hall–Kier alpha value is -1.92. The maximum atomic E-state index is 12.7. The van der Waals surface area contributed by atoms with E-state index in [2.05, 4.69) is 5.32 Å². The summed E-state index contributed by atoms with van der Waals surface area (Å²) >= 11 is 0. The van der Waals surface area contributed by atoms with Gasteiger partial charge in [-0.25, -0.2) is 0 Å². The summed E-state index contributed by atoms with van der Waals surface area (Å²) in [6.07, 6.45) is 2.27. The van der Waals surface area contributed by atoms with Gasteiger partial charge in [-0.2, -0.15) is 0 Å². The maximum absolute atomic E-state index is 12.7. The number of carbonyl (C=O) groups excluding carboxylic acids is 2. The molecule has 1 N–H and O–H groups in total. The lowest BCUT2D eigenvalue weighted by atomic mass is 10.1. The van der Waals surface area contributed by atoms with E-state index in [4.69, 9.17) is 9.47 Å². The zero-order chi connectivity index (χ0) is 16.9. The number of rotatable bonds is 4. The third kappa shape index (κ3) is 3.94. The molecular formula is C18H24N2O4. The molecule has 2 aliphatic rings. The van der Waals surface area contributed by atoms with Crippen LogP contribution in [0, 0.1) is 0 Å². The van der Waals surface area contributed by atoms with Crippen molar-refractivity contribution in [1.82, 2.24) is 5.32 Å². The van der Waals surface area contributed by atoms with E-state index in [1.807, 2.05) is 25.1 Å². The van der Waals surface area contributed by atoms with Crippen LogP contribution in [0.1, 0.15) is 36.5 Å². The number of carbonyl (C=O) groups is 2. The van der Waals surface area contributed by atoms with E-state index in [1.54, 1.807) is 11.0 Å². The summed E-state index contributed by atoms with van der Waals surface area (Å²) in [5.41, 5.74) is 1.22. The van der Waals surface area contributed by atoms with Gasteiger partial charge in [-0.15, -0.1) is 0 Å². The minimum Gasteiger partial charge on any atom is -0.381 e. The summed E-state index contributed by atoms with van der Waals surface area (Å²) in [6, 6.07) is 7.14. The molecule has 0 aromatic heterocycles. The van der Waals surface area contributed by atoms with Gasteiger partial charge in [0.2, 0.25) is 5.91 Å². The van der Waals surface area contributed by atoms with Crippen LogP contribution >= 0.6 is 0 Å². The van der Waals surface area contributed by atoms with Gasteiger partial charge in [0.1, 0.15) is 0 Å². The largest absolute Gasteiger partial charge is 0.381 e. The zero-order valence-corrected chi connectivity index (χ0v) is 14.0. The SMILES string of the molecule is CC1CN(C(=O)CCOC2CCOCC2)c2ccccc2C(=O)N1. The van der Waals surface area contributed by atoms with E-state index in [-0.39, 0.29) is 24.0 Å². The molecule has 3 rings (SSSR count). The van der Waals surface area contributed by atoms with E-state index in [0.717, 1.165) is 26.1 Å². The van der Waals surface area contributed by atoms with Crippen LogP contribution in [0.3, 0.4) is 0 Å². The predicted octanol–water partition coefficient (Wildman–Crippen LogP) is 1.74. The van der Waals surface area contributed by atoms with Gasteiger partial charge < -0.3 is 19.7 Å². The van der Waals surface area contributed by atoms with Gasteiger partial charge in [-0.05, 0) is 31.9 Å². The van der Waals surface area contributed by atoms with Gasteiger partial charge >= 0.3 is 0 Å². The summed E-state index contributed by atoms with van der Waals surface area (Å²) < 4.78 is 11.1. The van der Waals surface area contributed by atoms with Crippen molar-refractivity contribution in [1.29, 1.82) is 0 Å². The third-order valence-electron chi connectivity index (χ3n) is 4.41. The molecule has 2 amide bonds. The van der Waals surface area contributed by atoms with Crippen LogP contribution in [-0.4, -0.2) is 50.3 Å². The molecule has 1 fully saturated rings. The number of benzene rings is 1. The first-order chi connectivity index (χ1) is 11.6. The Balaban J connectivity index is 1.64. The highest BCUT2D eigenvalue weighted by atomic mass is 16.5. The second-order valence-corrected chi connectivity index (χ2v) is 6.33. The molecule has 1 aromatic rings. The Morgan fingerprint density at radius 3 is 2.88 bits per heavy atom. The van der Waals surface area contributed by atoms with Crippen molar-refractivity contribution in [3.63, 3.8) is 0 Å². The van der Waals surface area contributed by atoms with Crippen LogP contribution in [0.4, 0.5) is 5.69 Å². The van der Waals surface area contributed by atoms with Gasteiger partial charge in [0.05, 0.1) is 30.4 Å². The quantitative estimate of drug-likeness (QED) is 0.912. The van der Waals surface area contributed by atoms with Crippen LogP contribution in [0.25, 0.3) is 0 Å². The maximum Gasteiger partial charge on any atom is 0.253 e. The Kier molecular flexibility index (Phi) is 5.48. The topological polar surface area (TPSA) is 67.9 Å². The van der Waals surface area contributed by atoms with Gasteiger partial charge in [-0.1, -0.05) is 12.1 Å². The molecular weight excluding hydrogens is 308 g/mol. The number of nitrogens with one attached hydrogen (secondary N) is 1. The van der Waals surface area contributed by atoms with Gasteiger partial charge in [0.15, 0.2) is 0 Å². The Morgan fingerprint density at radius 2 is 2.08 bits per heavy atom. The standard InChI is InChI=1S/C18H24N2O4/c1-13-12-20(16-5-3-2-4-15(16)18(22)19-13)17(21)8-11-24-14-6-9-23-10-7-14/h2-5,13-14H,6-12H2,1H3,(H,19,22). The fourth-order valence-corrected chi connectivity index (χ4v) is 3.15. The number of hydrogen-bond donors (Lipinski definition) is 1. The van der Waals surface area contributed by atoms with Crippen LogP contribution in [0.2, 0.25) is 0 Å². The number of para-hydroxylation sites is 1. The van der Waals surface area contributed by atoms with Crippen molar-refractivity contribution in [2.24, 2.45) is 0 Å². The van der Waals surface area contributed by atoms with Crippen LogP contribution in [0.5, 0.6) is 0 Å². The number of ether oxygens (including phenoxy) is 2. The molecule has 1 aromatic carbocycles. The Morgan fingerprint density at radius 1 is 1.33 bits per heavy atom. The number of nitrogens with zero attached hydrogens (tertiary/aromatic N) is 1. The zero-order valence-electron chi connectivity index (χ0n) is 14.0. The predicted molar refractivity (Wildman–Crippen MR) is 90.1 cm³/mol. The average Bonchev–Trinajstić information content (AvgIpc) is 2.72. The third-order valence-corrected chi connectivity index (χ3v) is 4.41. The average molecular weight is 332 g/mol. The normalized spacial score (nSPS) is 21.8.